The van der Waals surface area contributed by atoms with Gasteiger partial charge in [-0.2, -0.15) is 0 Å². The molecule has 0 atom stereocenters. The lowest BCUT2D eigenvalue weighted by molar-refractivity contribution is 0.0582. The number of pyridine rings is 1. The summed E-state index contributed by atoms with van der Waals surface area (Å²) in [5.41, 5.74) is 2.44. The number of methoxy groups -OCH3 is 1. The molecule has 0 unspecified atom stereocenters. The minimum Gasteiger partial charge on any atom is -0.463 e. The highest BCUT2D eigenvalue weighted by molar-refractivity contribution is 7.92. The van der Waals surface area contributed by atoms with E-state index in [9.17, 15) is 13.2 Å². The van der Waals surface area contributed by atoms with Gasteiger partial charge in [0, 0.05) is 12.5 Å². The highest BCUT2D eigenvalue weighted by atomic mass is 32.2. The molecule has 10 heteroatoms. The van der Waals surface area contributed by atoms with Crippen LogP contribution in [0.25, 0.3) is 21.4 Å². The lowest BCUT2D eigenvalue weighted by Crippen LogP contribution is -2.13. The molecule has 0 aliphatic heterocycles. The van der Waals surface area contributed by atoms with Crippen LogP contribution in [0.4, 0.5) is 0 Å². The zero-order chi connectivity index (χ0) is 19.2. The van der Waals surface area contributed by atoms with Crippen molar-refractivity contribution in [3.63, 3.8) is 0 Å². The zero-order valence-electron chi connectivity index (χ0n) is 14.4. The molecule has 0 aliphatic carbocycles. The van der Waals surface area contributed by atoms with E-state index >= 15 is 0 Å². The Kier molecular flexibility index (Phi) is 4.16. The van der Waals surface area contributed by atoms with Gasteiger partial charge in [0.25, 0.3) is 0 Å². The Balaban J connectivity index is 1.90. The number of aromatic nitrogens is 4. The first-order chi connectivity index (χ1) is 12.9. The normalized spacial score (nSPS) is 11.9. The first kappa shape index (κ1) is 17.6. The van der Waals surface area contributed by atoms with E-state index in [1.165, 1.54) is 7.11 Å². The summed E-state index contributed by atoms with van der Waals surface area (Å²) in [5.74, 6) is -0.447. The van der Waals surface area contributed by atoms with Gasteiger partial charge in [0.15, 0.2) is 5.65 Å². The Bertz CT molecular complexity index is 1290. The average molecular weight is 402 g/mol. The van der Waals surface area contributed by atoms with E-state index in [0.29, 0.717) is 16.7 Å². The lowest BCUT2D eigenvalue weighted by Gasteiger charge is -2.08. The third-order valence-electron chi connectivity index (χ3n) is 4.00. The zero-order valence-corrected chi connectivity index (χ0v) is 16.0. The van der Waals surface area contributed by atoms with Gasteiger partial charge in [-0.1, -0.05) is 12.1 Å². The number of rotatable bonds is 4. The van der Waals surface area contributed by atoms with Crippen LogP contribution >= 0.6 is 11.3 Å². The second-order valence-corrected chi connectivity index (χ2v) is 9.10. The molecule has 0 fully saturated rings. The van der Waals surface area contributed by atoms with Gasteiger partial charge in [0.2, 0.25) is 20.0 Å². The second-order valence-electron chi connectivity index (χ2n) is 5.88. The molecule has 1 aromatic carbocycles. The third kappa shape index (κ3) is 3.06. The van der Waals surface area contributed by atoms with Crippen LogP contribution in [-0.2, 0) is 21.1 Å². The number of thiazole rings is 1. The number of hydrogen-bond donors (Lipinski definition) is 0. The fourth-order valence-corrected chi connectivity index (χ4v) is 4.67. The van der Waals surface area contributed by atoms with Crippen LogP contribution < -0.4 is 0 Å². The van der Waals surface area contributed by atoms with Crippen molar-refractivity contribution in [2.45, 2.75) is 10.9 Å². The van der Waals surface area contributed by atoms with Crippen molar-refractivity contribution in [3.8, 4) is 0 Å². The quantitative estimate of drug-likeness (QED) is 0.482. The number of benzene rings is 1. The van der Waals surface area contributed by atoms with E-state index in [1.807, 2.05) is 18.2 Å². The fourth-order valence-electron chi connectivity index (χ4n) is 2.80. The molecule has 0 amide bonds. The van der Waals surface area contributed by atoms with Crippen LogP contribution in [0.5, 0.6) is 0 Å². The minimum absolute atomic E-state index is 0.0618. The van der Waals surface area contributed by atoms with Gasteiger partial charge in [0.05, 0.1) is 23.9 Å². The molecule has 3 aromatic heterocycles. The predicted octanol–water partition coefficient (Wildman–Crippen LogP) is 2.28. The molecule has 4 rings (SSSR count). The molecule has 0 saturated carbocycles. The molecule has 3 heterocycles. The monoisotopic (exact) mass is 402 g/mol. The van der Waals surface area contributed by atoms with Crippen LogP contribution in [0.3, 0.4) is 0 Å². The number of sulfone groups is 1. The molecule has 0 spiro atoms. The third-order valence-corrected chi connectivity index (χ3v) is 6.70. The maximum atomic E-state index is 12.2. The fraction of sp³-hybridized carbons (Fsp3) is 0.176. The summed E-state index contributed by atoms with van der Waals surface area (Å²) in [7, 11) is -2.11. The number of hydrogen-bond acceptors (Lipinski definition) is 8. The van der Waals surface area contributed by atoms with Gasteiger partial charge in [-0.15, -0.1) is 11.3 Å². The lowest BCUT2D eigenvalue weighted by atomic mass is 10.2. The van der Waals surface area contributed by atoms with Crippen molar-refractivity contribution >= 4 is 48.5 Å². The number of fused-ring (bicyclic) bond motifs is 2. The van der Waals surface area contributed by atoms with Gasteiger partial charge in [-0.25, -0.2) is 28.2 Å². The molecule has 4 aromatic rings. The molecule has 0 bridgehead atoms. The highest BCUT2D eigenvalue weighted by Crippen LogP contribution is 2.29. The van der Waals surface area contributed by atoms with E-state index in [2.05, 4.69) is 15.0 Å². The Morgan fingerprint density at radius 3 is 2.78 bits per heavy atom. The molecule has 138 valence electrons. The van der Waals surface area contributed by atoms with Crippen molar-refractivity contribution in [3.05, 3.63) is 47.9 Å². The molecule has 0 saturated heterocycles. The Morgan fingerprint density at radius 2 is 2.04 bits per heavy atom. The first-order valence-corrected chi connectivity index (χ1v) is 10.6. The standard InChI is InChI=1S/C17H14N4O4S2/c1-25-16(22)15-19-11-6-4-8-18-14(11)21(15)9-10-5-3-7-12-13(10)20-17(26-12)27(2,23)24/h3-8H,9H2,1-2H3. The van der Waals surface area contributed by atoms with Gasteiger partial charge in [-0.3, -0.25) is 4.57 Å². The van der Waals surface area contributed by atoms with Crippen molar-refractivity contribution in [2.75, 3.05) is 13.4 Å². The Morgan fingerprint density at radius 1 is 1.22 bits per heavy atom. The molecule has 27 heavy (non-hydrogen) atoms. The van der Waals surface area contributed by atoms with E-state index in [-0.39, 0.29) is 16.7 Å². The minimum atomic E-state index is -3.40. The average Bonchev–Trinajstić information content (AvgIpc) is 3.24. The Labute approximate surface area is 158 Å². The number of esters is 1. The predicted molar refractivity (Wildman–Crippen MR) is 101 cm³/mol. The summed E-state index contributed by atoms with van der Waals surface area (Å²) in [6, 6.07) is 8.98. The smallest absolute Gasteiger partial charge is 0.374 e. The summed E-state index contributed by atoms with van der Waals surface area (Å²) in [5, 5.41) is 0. The number of para-hydroxylation sites is 1. The number of imidazole rings is 1. The SMILES string of the molecule is COC(=O)c1nc2cccnc2n1Cc1cccc2sc(S(C)(=O)=O)nc12. The molecule has 0 radical (unpaired) electrons. The maximum absolute atomic E-state index is 12.2. The first-order valence-electron chi connectivity index (χ1n) is 7.86. The summed E-state index contributed by atoms with van der Waals surface area (Å²) < 4.78 is 31.0. The van der Waals surface area contributed by atoms with Crippen LogP contribution in [0.1, 0.15) is 16.2 Å². The van der Waals surface area contributed by atoms with Gasteiger partial charge in [0.1, 0.15) is 5.52 Å². The largest absolute Gasteiger partial charge is 0.463 e. The number of ether oxygens (including phenoxy) is 1. The summed E-state index contributed by atoms with van der Waals surface area (Å²) >= 11 is 1.12. The molecular weight excluding hydrogens is 388 g/mol. The van der Waals surface area contributed by atoms with E-state index in [1.54, 1.807) is 22.9 Å². The maximum Gasteiger partial charge on any atom is 0.374 e. The number of carbonyl (C=O) groups excluding carboxylic acids is 1. The van der Waals surface area contributed by atoms with E-state index in [4.69, 9.17) is 4.74 Å². The van der Waals surface area contributed by atoms with Gasteiger partial charge >= 0.3 is 5.97 Å². The summed E-state index contributed by atoms with van der Waals surface area (Å²) in [6.45, 7) is 0.252. The summed E-state index contributed by atoms with van der Waals surface area (Å²) in [4.78, 5) is 25.1. The number of carbonyl (C=O) groups is 1. The second kappa shape index (κ2) is 6.39. The van der Waals surface area contributed by atoms with Crippen LogP contribution in [0, 0.1) is 0 Å². The topological polar surface area (TPSA) is 104 Å². The van der Waals surface area contributed by atoms with Gasteiger partial charge < -0.3 is 4.74 Å². The van der Waals surface area contributed by atoms with Gasteiger partial charge in [-0.05, 0) is 23.8 Å². The molecule has 0 aliphatic rings. The highest BCUT2D eigenvalue weighted by Gasteiger charge is 2.21. The van der Waals surface area contributed by atoms with Crippen LogP contribution in [0.15, 0.2) is 40.9 Å². The molecular formula is C17H14N4O4S2. The van der Waals surface area contributed by atoms with Crippen molar-refractivity contribution in [2.24, 2.45) is 0 Å². The van der Waals surface area contributed by atoms with Crippen LogP contribution in [0.2, 0.25) is 0 Å². The Hall–Kier alpha value is -2.85. The van der Waals surface area contributed by atoms with E-state index in [0.717, 1.165) is 27.9 Å². The van der Waals surface area contributed by atoms with Crippen molar-refractivity contribution in [1.29, 1.82) is 0 Å². The molecule has 0 N–H and O–H groups in total. The number of nitrogens with zero attached hydrogens (tertiary/aromatic N) is 4. The summed E-state index contributed by atoms with van der Waals surface area (Å²) in [6.07, 6.45) is 2.75. The van der Waals surface area contributed by atoms with Crippen LogP contribution in [-0.4, -0.2) is 47.3 Å². The molecule has 8 nitrogen and oxygen atoms in total. The van der Waals surface area contributed by atoms with Crippen molar-refractivity contribution in [1.82, 2.24) is 19.5 Å². The van der Waals surface area contributed by atoms with E-state index < -0.39 is 15.8 Å². The van der Waals surface area contributed by atoms with Crippen molar-refractivity contribution < 1.29 is 17.9 Å².